The van der Waals surface area contributed by atoms with Gasteiger partial charge in [0.2, 0.25) is 0 Å². The molecule has 3 fully saturated rings. The van der Waals surface area contributed by atoms with Gasteiger partial charge in [0, 0.05) is 62.8 Å². The smallest absolute Gasteiger partial charge is 0.135 e. The van der Waals surface area contributed by atoms with Crippen molar-refractivity contribution < 1.29 is 9.47 Å². The molecule has 3 aliphatic rings. The van der Waals surface area contributed by atoms with Crippen LogP contribution in [0.3, 0.4) is 0 Å². The molecule has 32 heavy (non-hydrogen) atoms. The van der Waals surface area contributed by atoms with Crippen LogP contribution in [0.15, 0.2) is 24.5 Å². The van der Waals surface area contributed by atoms with Crippen LogP contribution in [0.5, 0.6) is 0 Å². The molecule has 0 saturated carbocycles. The molecule has 2 aromatic rings. The van der Waals surface area contributed by atoms with Crippen molar-refractivity contribution in [3.05, 3.63) is 35.7 Å². The topological polar surface area (TPSA) is 89.8 Å². The normalized spacial score (nSPS) is 20.2. The first kappa shape index (κ1) is 21.1. The van der Waals surface area contributed by atoms with Gasteiger partial charge in [-0.15, -0.1) is 0 Å². The van der Waals surface area contributed by atoms with Gasteiger partial charge in [0.05, 0.1) is 38.2 Å². The molecule has 0 aliphatic carbocycles. The van der Waals surface area contributed by atoms with E-state index in [0.717, 1.165) is 94.1 Å². The van der Waals surface area contributed by atoms with Crippen LogP contribution in [-0.2, 0) is 9.47 Å². The van der Waals surface area contributed by atoms with Crippen LogP contribution >= 0.6 is 0 Å². The third-order valence-corrected chi connectivity index (χ3v) is 6.57. The highest BCUT2D eigenvalue weighted by Gasteiger charge is 2.29. The maximum Gasteiger partial charge on any atom is 0.135 e. The number of nitrogens with zero attached hydrogens (tertiary/aromatic N) is 5. The maximum atomic E-state index is 7.89. The van der Waals surface area contributed by atoms with Gasteiger partial charge in [-0.25, -0.2) is 9.97 Å². The second-order valence-electron chi connectivity index (χ2n) is 8.57. The lowest BCUT2D eigenvalue weighted by atomic mass is 10.1. The fraction of sp³-hybridized carbons (Fsp3) is 0.522. The van der Waals surface area contributed by atoms with Gasteiger partial charge < -0.3 is 30.0 Å². The summed E-state index contributed by atoms with van der Waals surface area (Å²) < 4.78 is 10.8. The number of hydrogen-bond donors (Lipinski definition) is 2. The first-order valence-electron chi connectivity index (χ1n) is 11.3. The monoisotopic (exact) mass is 437 g/mol. The lowest BCUT2D eigenvalue weighted by Crippen LogP contribution is -2.56. The number of benzene rings is 1. The van der Waals surface area contributed by atoms with Crippen molar-refractivity contribution in [2.75, 3.05) is 80.8 Å². The Morgan fingerprint density at radius 1 is 0.969 bits per heavy atom. The molecule has 2 N–H and O–H groups in total. The molecule has 9 heteroatoms. The summed E-state index contributed by atoms with van der Waals surface area (Å²) in [7, 11) is 0. The number of rotatable bonds is 6. The second kappa shape index (κ2) is 9.40. The summed E-state index contributed by atoms with van der Waals surface area (Å²) in [5, 5.41) is 11.3. The zero-order chi connectivity index (χ0) is 21.9. The Bertz CT molecular complexity index is 951. The number of anilines is 4. The van der Waals surface area contributed by atoms with Crippen molar-refractivity contribution in [3.63, 3.8) is 0 Å². The van der Waals surface area contributed by atoms with Crippen LogP contribution in [0.2, 0.25) is 0 Å². The van der Waals surface area contributed by atoms with Crippen LogP contribution in [0.1, 0.15) is 11.1 Å². The average Bonchev–Trinajstić information content (AvgIpc) is 2.80. The van der Waals surface area contributed by atoms with E-state index >= 15 is 0 Å². The zero-order valence-electron chi connectivity index (χ0n) is 18.6. The Labute approximate surface area is 188 Å². The van der Waals surface area contributed by atoms with Gasteiger partial charge in [-0.1, -0.05) is 0 Å². The number of hydrogen-bond acceptors (Lipinski definition) is 9. The SMILES string of the molecule is Cc1cc(C=N)c(Nc2cc(N3CCN(C4COC4)CC3)ncn2)cc1N1CCOCC1. The number of ether oxygens (including phenoxy) is 2. The minimum atomic E-state index is 0.585. The van der Waals surface area contributed by atoms with Crippen molar-refractivity contribution in [2.24, 2.45) is 0 Å². The van der Waals surface area contributed by atoms with E-state index in [9.17, 15) is 0 Å². The zero-order valence-corrected chi connectivity index (χ0v) is 18.6. The minimum absolute atomic E-state index is 0.585. The number of piperazine rings is 1. The Balaban J connectivity index is 1.32. The van der Waals surface area contributed by atoms with Crippen LogP contribution in [0.4, 0.5) is 23.0 Å². The van der Waals surface area contributed by atoms with Gasteiger partial charge >= 0.3 is 0 Å². The van der Waals surface area contributed by atoms with Crippen molar-refractivity contribution in [3.8, 4) is 0 Å². The van der Waals surface area contributed by atoms with Gasteiger partial charge in [-0.2, -0.15) is 0 Å². The molecule has 0 atom stereocenters. The molecule has 1 aromatic carbocycles. The Morgan fingerprint density at radius 3 is 2.44 bits per heavy atom. The van der Waals surface area contributed by atoms with E-state index in [1.165, 1.54) is 11.9 Å². The largest absolute Gasteiger partial charge is 0.378 e. The molecular weight excluding hydrogens is 406 g/mol. The molecule has 5 rings (SSSR count). The van der Waals surface area contributed by atoms with E-state index in [-0.39, 0.29) is 0 Å². The Hall–Kier alpha value is -2.75. The minimum Gasteiger partial charge on any atom is -0.378 e. The summed E-state index contributed by atoms with van der Waals surface area (Å²) in [5.74, 6) is 1.67. The molecule has 170 valence electrons. The first-order valence-corrected chi connectivity index (χ1v) is 11.3. The molecule has 4 heterocycles. The number of nitrogens with one attached hydrogen (secondary N) is 2. The lowest BCUT2D eigenvalue weighted by Gasteiger charge is -2.42. The third-order valence-electron chi connectivity index (χ3n) is 6.57. The molecule has 3 saturated heterocycles. The van der Waals surface area contributed by atoms with Gasteiger partial charge in [-0.3, -0.25) is 4.90 Å². The number of morpholine rings is 1. The van der Waals surface area contributed by atoms with Crippen molar-refractivity contribution >= 4 is 29.2 Å². The molecule has 0 amide bonds. The number of aryl methyl sites for hydroxylation is 1. The molecule has 0 radical (unpaired) electrons. The molecule has 0 unspecified atom stereocenters. The summed E-state index contributed by atoms with van der Waals surface area (Å²) in [5.41, 5.74) is 4.06. The van der Waals surface area contributed by atoms with Crippen LogP contribution < -0.4 is 15.1 Å². The van der Waals surface area contributed by atoms with Gasteiger partial charge in [0.1, 0.15) is 18.0 Å². The molecule has 9 nitrogen and oxygen atoms in total. The predicted molar refractivity (Wildman–Crippen MR) is 126 cm³/mol. The quantitative estimate of drug-likeness (QED) is 0.663. The standard InChI is InChI=1S/C23H31N7O2/c1-17-10-18(13-24)20(11-21(17)29-6-8-31-9-7-29)27-22-12-23(26-16-25-22)30-4-2-28(3-5-30)19-14-32-15-19/h10-13,16,19,24H,2-9,14-15H2,1H3,(H,25,26,27). The molecular formula is C23H31N7O2. The highest BCUT2D eigenvalue weighted by molar-refractivity contribution is 5.89. The van der Waals surface area contributed by atoms with Gasteiger partial charge in [0.15, 0.2) is 0 Å². The van der Waals surface area contributed by atoms with Crippen molar-refractivity contribution in [1.82, 2.24) is 14.9 Å². The predicted octanol–water partition coefficient (Wildman–Crippen LogP) is 1.88. The number of aromatic nitrogens is 2. The summed E-state index contributed by atoms with van der Waals surface area (Å²) in [6, 6.07) is 6.78. The van der Waals surface area contributed by atoms with E-state index in [2.05, 4.69) is 49.0 Å². The van der Waals surface area contributed by atoms with E-state index in [1.807, 2.05) is 6.07 Å². The average molecular weight is 438 g/mol. The fourth-order valence-corrected chi connectivity index (χ4v) is 4.57. The van der Waals surface area contributed by atoms with Crippen molar-refractivity contribution in [2.45, 2.75) is 13.0 Å². The van der Waals surface area contributed by atoms with Crippen LogP contribution in [-0.4, -0.2) is 92.8 Å². The van der Waals surface area contributed by atoms with Crippen LogP contribution in [0.25, 0.3) is 0 Å². The second-order valence-corrected chi connectivity index (χ2v) is 8.57. The first-order chi connectivity index (χ1) is 15.7. The van der Waals surface area contributed by atoms with Crippen molar-refractivity contribution in [1.29, 1.82) is 5.41 Å². The lowest BCUT2D eigenvalue weighted by molar-refractivity contribution is -0.0661. The maximum absolute atomic E-state index is 7.89. The molecule has 1 aromatic heterocycles. The summed E-state index contributed by atoms with van der Waals surface area (Å²) in [6.07, 6.45) is 3.01. The van der Waals surface area contributed by atoms with Gasteiger partial charge in [-0.05, 0) is 24.6 Å². The molecule has 0 spiro atoms. The Kier molecular flexibility index (Phi) is 6.20. The molecule has 0 bridgehead atoms. The highest BCUT2D eigenvalue weighted by Crippen LogP contribution is 2.30. The highest BCUT2D eigenvalue weighted by atomic mass is 16.5. The summed E-state index contributed by atoms with van der Waals surface area (Å²) in [6.45, 7) is 11.0. The molecule has 3 aliphatic heterocycles. The summed E-state index contributed by atoms with van der Waals surface area (Å²) >= 11 is 0. The van der Waals surface area contributed by atoms with Gasteiger partial charge in [0.25, 0.3) is 0 Å². The fourth-order valence-electron chi connectivity index (χ4n) is 4.57. The third kappa shape index (κ3) is 4.41. The summed E-state index contributed by atoms with van der Waals surface area (Å²) in [4.78, 5) is 16.1. The van der Waals surface area contributed by atoms with E-state index in [1.54, 1.807) is 6.33 Å². The van der Waals surface area contributed by atoms with Crippen LogP contribution in [0, 0.1) is 12.3 Å². The Morgan fingerprint density at radius 2 is 1.75 bits per heavy atom. The van der Waals surface area contributed by atoms with E-state index < -0.39 is 0 Å². The van der Waals surface area contributed by atoms with E-state index in [0.29, 0.717) is 6.04 Å². The van der Waals surface area contributed by atoms with E-state index in [4.69, 9.17) is 14.9 Å².